The van der Waals surface area contributed by atoms with Gasteiger partial charge in [0.05, 0.1) is 19.3 Å². The van der Waals surface area contributed by atoms with Crippen LogP contribution in [0.5, 0.6) is 0 Å². The molecule has 2 unspecified atom stereocenters. The number of hydrogen-bond acceptors (Lipinski definition) is 6. The third-order valence-corrected chi connectivity index (χ3v) is 1.61. The van der Waals surface area contributed by atoms with E-state index >= 15 is 0 Å². The molecule has 1 amide bonds. The van der Waals surface area contributed by atoms with Gasteiger partial charge in [-0.3, -0.25) is 4.79 Å². The van der Waals surface area contributed by atoms with Crippen LogP contribution in [-0.2, 0) is 4.79 Å². The van der Waals surface area contributed by atoms with Gasteiger partial charge in [0.25, 0.3) is 0 Å². The molecule has 0 spiro atoms. The van der Waals surface area contributed by atoms with E-state index < -0.39 is 12.1 Å². The zero-order valence-corrected chi connectivity index (χ0v) is 10.5. The first-order chi connectivity index (χ1) is 9.01. The van der Waals surface area contributed by atoms with Gasteiger partial charge >= 0.3 is 0 Å². The summed E-state index contributed by atoms with van der Waals surface area (Å²) in [6.45, 7) is 1.20. The highest BCUT2D eigenvalue weighted by Gasteiger charge is 2.05. The topological polar surface area (TPSA) is 193 Å². The van der Waals surface area contributed by atoms with E-state index in [1.165, 1.54) is 6.92 Å². The lowest BCUT2D eigenvalue weighted by atomic mass is 10.3. The maximum Gasteiger partial charge on any atom is 0.217 e. The third-order valence-electron chi connectivity index (χ3n) is 1.61. The van der Waals surface area contributed by atoms with Crippen LogP contribution in [0, 0.1) is 0 Å². The molecular weight excluding hydrogens is 256 g/mol. The summed E-state index contributed by atoms with van der Waals surface area (Å²) in [4.78, 5) is 15.4. The Kier molecular flexibility index (Phi) is 14.3. The fourth-order valence-corrected chi connectivity index (χ4v) is 0.771. The van der Waals surface area contributed by atoms with E-state index in [0.29, 0.717) is 0 Å². The molecule has 0 aromatic carbocycles. The second-order valence-electron chi connectivity index (χ2n) is 3.35. The molecule has 0 fully saturated rings. The quantitative estimate of drug-likeness (QED) is 0.274. The van der Waals surface area contributed by atoms with Gasteiger partial charge in [-0.15, -0.1) is 0 Å². The number of aliphatic hydroxyl groups is 2. The number of carbonyl (C=O) groups is 1. The Morgan fingerprint density at radius 1 is 1.26 bits per heavy atom. The predicted molar refractivity (Wildman–Crippen MR) is 67.8 cm³/mol. The zero-order valence-electron chi connectivity index (χ0n) is 10.5. The SMILES string of the molecule is CC(=O)NC(CO)CN=[N+]=[N-].[N-]=[N+]=NCC(N)CO. The molecule has 11 heteroatoms. The lowest BCUT2D eigenvalue weighted by Crippen LogP contribution is -2.38. The normalized spacial score (nSPS) is 11.8. The number of nitrogens with two attached hydrogens (primary N) is 1. The Morgan fingerprint density at radius 3 is 2.16 bits per heavy atom. The number of rotatable bonds is 7. The summed E-state index contributed by atoms with van der Waals surface area (Å²) in [5.74, 6) is -0.253. The number of aliphatic hydroxyl groups excluding tert-OH is 2. The number of azide groups is 2. The molecule has 0 aromatic rings. The van der Waals surface area contributed by atoms with Gasteiger partial charge in [-0.25, -0.2) is 0 Å². The fourth-order valence-electron chi connectivity index (χ4n) is 0.771. The lowest BCUT2D eigenvalue weighted by Gasteiger charge is -2.10. The van der Waals surface area contributed by atoms with Crippen LogP contribution in [0.4, 0.5) is 0 Å². The highest BCUT2D eigenvalue weighted by Crippen LogP contribution is 1.83. The molecule has 0 aliphatic heterocycles. The summed E-state index contributed by atoms with van der Waals surface area (Å²) in [7, 11) is 0. The number of amides is 1. The smallest absolute Gasteiger partial charge is 0.217 e. The Labute approximate surface area is 109 Å². The molecular formula is C8H18N8O3. The molecule has 0 radical (unpaired) electrons. The fraction of sp³-hybridized carbons (Fsp3) is 0.875. The highest BCUT2D eigenvalue weighted by molar-refractivity contribution is 5.73. The minimum absolute atomic E-state index is 0.0760. The molecule has 0 aliphatic carbocycles. The molecule has 19 heavy (non-hydrogen) atoms. The molecule has 2 atom stereocenters. The first-order valence-corrected chi connectivity index (χ1v) is 5.27. The van der Waals surface area contributed by atoms with E-state index in [1.807, 2.05) is 0 Å². The number of carbonyl (C=O) groups excluding carboxylic acids is 1. The standard InChI is InChI=1S/C5H10N4O2.C3H8N4O/c1-4(11)8-5(3-10)2-7-9-6;4-3(2-8)1-6-7-5/h5,10H,2-3H2,1H3,(H,8,11);3,8H,1-2,4H2. The van der Waals surface area contributed by atoms with Gasteiger partial charge in [-0.2, -0.15) is 0 Å². The number of nitrogens with zero attached hydrogens (tertiary/aromatic N) is 6. The van der Waals surface area contributed by atoms with Crippen LogP contribution in [0.1, 0.15) is 6.92 Å². The predicted octanol–water partition coefficient (Wildman–Crippen LogP) is -0.590. The van der Waals surface area contributed by atoms with Crippen molar-refractivity contribution in [3.05, 3.63) is 20.9 Å². The van der Waals surface area contributed by atoms with Crippen LogP contribution < -0.4 is 11.1 Å². The third kappa shape index (κ3) is 16.0. The van der Waals surface area contributed by atoms with Crippen LogP contribution in [0.15, 0.2) is 10.2 Å². The molecule has 108 valence electrons. The van der Waals surface area contributed by atoms with E-state index in [-0.39, 0.29) is 32.2 Å². The zero-order chi connectivity index (χ0) is 15.1. The minimum Gasteiger partial charge on any atom is -0.395 e. The summed E-state index contributed by atoms with van der Waals surface area (Å²) >= 11 is 0. The van der Waals surface area contributed by atoms with Crippen LogP contribution in [0.25, 0.3) is 20.9 Å². The summed E-state index contributed by atoms with van der Waals surface area (Å²) < 4.78 is 0. The minimum atomic E-state index is -0.469. The van der Waals surface area contributed by atoms with Crippen molar-refractivity contribution in [2.75, 3.05) is 26.3 Å². The summed E-state index contributed by atoms with van der Waals surface area (Å²) in [6, 6.07) is -0.880. The van der Waals surface area contributed by atoms with Crippen molar-refractivity contribution < 1.29 is 15.0 Å². The van der Waals surface area contributed by atoms with Gasteiger partial charge in [-0.1, -0.05) is 10.2 Å². The first-order valence-electron chi connectivity index (χ1n) is 5.27. The van der Waals surface area contributed by atoms with E-state index in [0.717, 1.165) is 0 Å². The molecule has 0 saturated heterocycles. The maximum absolute atomic E-state index is 10.4. The van der Waals surface area contributed by atoms with E-state index in [1.54, 1.807) is 0 Å². The maximum atomic E-state index is 10.4. The van der Waals surface area contributed by atoms with Gasteiger partial charge in [0, 0.05) is 35.9 Å². The Hall–Kier alpha value is -2.03. The average molecular weight is 274 g/mol. The molecule has 11 nitrogen and oxygen atoms in total. The average Bonchev–Trinajstić information content (AvgIpc) is 2.40. The second-order valence-corrected chi connectivity index (χ2v) is 3.35. The van der Waals surface area contributed by atoms with Crippen molar-refractivity contribution >= 4 is 5.91 Å². The van der Waals surface area contributed by atoms with Crippen molar-refractivity contribution in [3.8, 4) is 0 Å². The molecule has 0 bridgehead atoms. The monoisotopic (exact) mass is 274 g/mol. The van der Waals surface area contributed by atoms with Crippen LogP contribution in [0.3, 0.4) is 0 Å². The molecule has 0 rings (SSSR count). The van der Waals surface area contributed by atoms with Crippen molar-refractivity contribution in [2.45, 2.75) is 19.0 Å². The van der Waals surface area contributed by atoms with Gasteiger partial charge in [0.15, 0.2) is 0 Å². The molecule has 0 aromatic heterocycles. The van der Waals surface area contributed by atoms with Gasteiger partial charge < -0.3 is 21.3 Å². The van der Waals surface area contributed by atoms with E-state index in [4.69, 9.17) is 27.0 Å². The summed E-state index contributed by atoms with van der Waals surface area (Å²) in [5.41, 5.74) is 20.8. The Morgan fingerprint density at radius 2 is 1.79 bits per heavy atom. The number of hydrogen-bond donors (Lipinski definition) is 4. The van der Waals surface area contributed by atoms with Crippen LogP contribution in [0.2, 0.25) is 0 Å². The van der Waals surface area contributed by atoms with Gasteiger partial charge in [-0.05, 0) is 11.1 Å². The first kappa shape index (κ1) is 19.3. The summed E-state index contributed by atoms with van der Waals surface area (Å²) in [6.07, 6.45) is 0. The van der Waals surface area contributed by atoms with Gasteiger partial charge in [0.2, 0.25) is 5.91 Å². The summed E-state index contributed by atoms with van der Waals surface area (Å²) in [5, 5.41) is 25.6. The van der Waals surface area contributed by atoms with E-state index in [9.17, 15) is 4.79 Å². The van der Waals surface area contributed by atoms with Crippen molar-refractivity contribution in [1.29, 1.82) is 0 Å². The Balaban J connectivity index is 0. The molecule has 0 heterocycles. The van der Waals surface area contributed by atoms with Crippen molar-refractivity contribution in [1.82, 2.24) is 5.32 Å². The Bertz CT molecular complexity index is 333. The molecule has 5 N–H and O–H groups in total. The van der Waals surface area contributed by atoms with Crippen LogP contribution in [-0.4, -0.2) is 54.5 Å². The highest BCUT2D eigenvalue weighted by atomic mass is 16.3. The second kappa shape index (κ2) is 14.0. The van der Waals surface area contributed by atoms with Crippen molar-refractivity contribution in [3.63, 3.8) is 0 Å². The number of nitrogens with one attached hydrogen (secondary N) is 1. The molecule has 0 aliphatic rings. The largest absolute Gasteiger partial charge is 0.395 e. The van der Waals surface area contributed by atoms with Crippen LogP contribution >= 0.6 is 0 Å². The van der Waals surface area contributed by atoms with E-state index in [2.05, 4.69) is 25.4 Å². The van der Waals surface area contributed by atoms with Gasteiger partial charge in [0.1, 0.15) is 0 Å². The molecule has 0 saturated carbocycles. The lowest BCUT2D eigenvalue weighted by molar-refractivity contribution is -0.119. The van der Waals surface area contributed by atoms with Crippen molar-refractivity contribution in [2.24, 2.45) is 16.0 Å².